The van der Waals surface area contributed by atoms with Crippen molar-refractivity contribution in [3.05, 3.63) is 0 Å². The van der Waals surface area contributed by atoms with E-state index in [-0.39, 0.29) is 17.9 Å². The van der Waals surface area contributed by atoms with Crippen LogP contribution in [0.2, 0.25) is 0 Å². The van der Waals surface area contributed by atoms with E-state index in [1.807, 2.05) is 0 Å². The molecule has 84 valence electrons. The molecule has 3 nitrogen and oxygen atoms in total. The number of aliphatic hydroxyl groups is 1. The van der Waals surface area contributed by atoms with Gasteiger partial charge >= 0.3 is 0 Å². The molecule has 3 fully saturated rings. The molecule has 0 aromatic heterocycles. The number of fused-ring (bicyclic) bond motifs is 2. The van der Waals surface area contributed by atoms with E-state index in [0.29, 0.717) is 18.2 Å². The van der Waals surface area contributed by atoms with Crippen LogP contribution in [0.4, 0.5) is 0 Å². The van der Waals surface area contributed by atoms with Gasteiger partial charge in [0.05, 0.1) is 6.10 Å². The maximum atomic E-state index is 11.7. The number of carbonyl (C=O) groups is 1. The Morgan fingerprint density at radius 1 is 1.20 bits per heavy atom. The summed E-state index contributed by atoms with van der Waals surface area (Å²) in [5, 5.41) is 9.86. The molecule has 1 N–H and O–H groups in total. The van der Waals surface area contributed by atoms with Crippen LogP contribution in [0.1, 0.15) is 32.1 Å². The first-order valence-corrected chi connectivity index (χ1v) is 6.22. The Bertz CT molecular complexity index is 273. The number of Topliss-reactive ketones (excluding diaryl/α,β-unsaturated/α-hetero) is 1. The summed E-state index contributed by atoms with van der Waals surface area (Å²) in [6.45, 7) is 2.27. The molecular weight excluding hydrogens is 190 g/mol. The van der Waals surface area contributed by atoms with Gasteiger partial charge in [0.1, 0.15) is 5.78 Å². The SMILES string of the molecule is O=C1CC2C(O)C[C@@H]1C2N1CCCCC1. The van der Waals surface area contributed by atoms with Gasteiger partial charge in [-0.1, -0.05) is 6.42 Å². The van der Waals surface area contributed by atoms with Crippen molar-refractivity contribution >= 4 is 5.78 Å². The van der Waals surface area contributed by atoms with E-state index >= 15 is 0 Å². The summed E-state index contributed by atoms with van der Waals surface area (Å²) in [6, 6.07) is 0.382. The van der Waals surface area contributed by atoms with E-state index in [1.54, 1.807) is 0 Å². The Balaban J connectivity index is 1.78. The highest BCUT2D eigenvalue weighted by molar-refractivity contribution is 5.86. The summed E-state index contributed by atoms with van der Waals surface area (Å²) in [6.07, 6.45) is 5.01. The van der Waals surface area contributed by atoms with Crippen LogP contribution in [-0.4, -0.2) is 41.0 Å². The highest BCUT2D eigenvalue weighted by atomic mass is 16.3. The van der Waals surface area contributed by atoms with Gasteiger partial charge in [-0.3, -0.25) is 9.69 Å². The van der Waals surface area contributed by atoms with Crippen LogP contribution >= 0.6 is 0 Å². The zero-order valence-electron chi connectivity index (χ0n) is 9.06. The molecule has 2 aliphatic carbocycles. The minimum absolute atomic E-state index is 0.156. The van der Waals surface area contributed by atoms with Gasteiger partial charge in [-0.25, -0.2) is 0 Å². The topological polar surface area (TPSA) is 40.5 Å². The van der Waals surface area contributed by atoms with Crippen LogP contribution < -0.4 is 0 Å². The molecule has 0 radical (unpaired) electrons. The number of rotatable bonds is 1. The lowest BCUT2D eigenvalue weighted by molar-refractivity contribution is -0.123. The van der Waals surface area contributed by atoms with E-state index in [4.69, 9.17) is 0 Å². The average Bonchev–Trinajstić information content (AvgIpc) is 2.73. The molecule has 1 heterocycles. The van der Waals surface area contributed by atoms with Gasteiger partial charge in [-0.05, 0) is 32.4 Å². The molecule has 2 bridgehead atoms. The fourth-order valence-corrected chi connectivity index (χ4v) is 3.80. The summed E-state index contributed by atoms with van der Waals surface area (Å²) < 4.78 is 0. The summed E-state index contributed by atoms with van der Waals surface area (Å²) in [4.78, 5) is 14.2. The van der Waals surface area contributed by atoms with Gasteiger partial charge in [0, 0.05) is 24.3 Å². The van der Waals surface area contributed by atoms with Crippen molar-refractivity contribution in [1.29, 1.82) is 0 Å². The van der Waals surface area contributed by atoms with Gasteiger partial charge in [0.15, 0.2) is 0 Å². The van der Waals surface area contributed by atoms with Gasteiger partial charge in [0.2, 0.25) is 0 Å². The van der Waals surface area contributed by atoms with Crippen LogP contribution in [0.5, 0.6) is 0 Å². The molecule has 2 saturated carbocycles. The smallest absolute Gasteiger partial charge is 0.138 e. The van der Waals surface area contributed by atoms with Gasteiger partial charge in [-0.15, -0.1) is 0 Å². The van der Waals surface area contributed by atoms with E-state index in [0.717, 1.165) is 19.5 Å². The zero-order chi connectivity index (χ0) is 10.4. The molecule has 3 unspecified atom stereocenters. The highest BCUT2D eigenvalue weighted by Gasteiger charge is 2.54. The van der Waals surface area contributed by atoms with Crippen LogP contribution in [-0.2, 0) is 4.79 Å². The standard InChI is InChI=1S/C12H19NO2/c14-10-6-8-11(15)7-9(10)12(8)13-4-2-1-3-5-13/h8-10,12,14H,1-7H2/t8-,9?,10?,12?/m0/s1. The van der Waals surface area contributed by atoms with Crippen molar-refractivity contribution in [2.45, 2.75) is 44.2 Å². The number of piperidine rings is 1. The molecule has 1 aliphatic heterocycles. The van der Waals surface area contributed by atoms with Crippen LogP contribution in [0, 0.1) is 11.8 Å². The molecule has 0 aromatic carbocycles. The number of nitrogens with zero attached hydrogens (tertiary/aromatic N) is 1. The van der Waals surface area contributed by atoms with Crippen LogP contribution in [0.3, 0.4) is 0 Å². The van der Waals surface area contributed by atoms with Crippen molar-refractivity contribution in [2.75, 3.05) is 13.1 Å². The lowest BCUT2D eigenvalue weighted by Crippen LogP contribution is -2.43. The lowest BCUT2D eigenvalue weighted by Gasteiger charge is -2.34. The normalized spacial score (nSPS) is 46.3. The Labute approximate surface area is 90.5 Å². The van der Waals surface area contributed by atoms with Gasteiger partial charge in [-0.2, -0.15) is 0 Å². The van der Waals surface area contributed by atoms with Crippen molar-refractivity contribution in [1.82, 2.24) is 4.90 Å². The van der Waals surface area contributed by atoms with Crippen molar-refractivity contribution in [3.8, 4) is 0 Å². The number of likely N-dealkylation sites (tertiary alicyclic amines) is 1. The van der Waals surface area contributed by atoms with Crippen molar-refractivity contribution in [2.24, 2.45) is 11.8 Å². The first-order chi connectivity index (χ1) is 7.27. The highest BCUT2D eigenvalue weighted by Crippen LogP contribution is 2.45. The third-order valence-corrected chi connectivity index (χ3v) is 4.50. The first-order valence-electron chi connectivity index (χ1n) is 6.22. The summed E-state index contributed by atoms with van der Waals surface area (Å²) in [7, 11) is 0. The maximum absolute atomic E-state index is 11.7. The quantitative estimate of drug-likeness (QED) is 0.695. The average molecular weight is 209 g/mol. The van der Waals surface area contributed by atoms with E-state index in [2.05, 4.69) is 4.90 Å². The number of aliphatic hydroxyl groups excluding tert-OH is 1. The van der Waals surface area contributed by atoms with E-state index < -0.39 is 0 Å². The number of carbonyl (C=O) groups excluding carboxylic acids is 1. The molecule has 15 heavy (non-hydrogen) atoms. The van der Waals surface area contributed by atoms with E-state index in [1.165, 1.54) is 19.3 Å². The largest absolute Gasteiger partial charge is 0.393 e. The Hall–Kier alpha value is -0.410. The second-order valence-electron chi connectivity index (χ2n) is 5.33. The zero-order valence-corrected chi connectivity index (χ0v) is 9.06. The number of hydrogen-bond donors (Lipinski definition) is 1. The lowest BCUT2D eigenvalue weighted by atomic mass is 9.97. The molecule has 3 heteroatoms. The molecule has 0 amide bonds. The predicted octanol–water partition coefficient (Wildman–Crippen LogP) is 0.811. The third-order valence-electron chi connectivity index (χ3n) is 4.50. The third kappa shape index (κ3) is 1.44. The Morgan fingerprint density at radius 3 is 2.53 bits per heavy atom. The minimum atomic E-state index is -0.209. The summed E-state index contributed by atoms with van der Waals surface area (Å²) in [5.41, 5.74) is 0. The molecule has 0 spiro atoms. The number of hydrogen-bond acceptors (Lipinski definition) is 3. The van der Waals surface area contributed by atoms with E-state index in [9.17, 15) is 9.90 Å². The molecule has 0 aromatic rings. The molecule has 3 aliphatic rings. The monoisotopic (exact) mass is 209 g/mol. The van der Waals surface area contributed by atoms with Gasteiger partial charge in [0.25, 0.3) is 0 Å². The van der Waals surface area contributed by atoms with Crippen LogP contribution in [0.15, 0.2) is 0 Å². The van der Waals surface area contributed by atoms with Crippen LogP contribution in [0.25, 0.3) is 0 Å². The maximum Gasteiger partial charge on any atom is 0.138 e. The second-order valence-corrected chi connectivity index (χ2v) is 5.33. The second kappa shape index (κ2) is 3.56. The number of ketones is 1. The molecular formula is C12H19NO2. The Kier molecular flexibility index (Phi) is 2.33. The van der Waals surface area contributed by atoms with Crippen molar-refractivity contribution in [3.63, 3.8) is 0 Å². The molecule has 1 saturated heterocycles. The molecule has 3 rings (SSSR count). The summed E-state index contributed by atoms with van der Waals surface area (Å²) >= 11 is 0. The van der Waals surface area contributed by atoms with Crippen molar-refractivity contribution < 1.29 is 9.90 Å². The first kappa shape index (κ1) is 9.79. The fraction of sp³-hybridized carbons (Fsp3) is 0.917. The Morgan fingerprint density at radius 2 is 1.93 bits per heavy atom. The fourth-order valence-electron chi connectivity index (χ4n) is 3.80. The van der Waals surface area contributed by atoms with Gasteiger partial charge < -0.3 is 5.11 Å². The molecule has 4 atom stereocenters. The predicted molar refractivity (Wildman–Crippen MR) is 56.4 cm³/mol. The minimum Gasteiger partial charge on any atom is -0.393 e. The summed E-state index contributed by atoms with van der Waals surface area (Å²) in [5.74, 6) is 0.810.